The fourth-order valence-corrected chi connectivity index (χ4v) is 2.58. The standard InChI is InChI=1S/C18H18BrNO4/c1-11-3-8-16(15(19)9-11)20-17(22)12(2)24-18(23)14-6-4-13(10-21)5-7-14/h3-9,12,21H,10H2,1-2H3,(H,20,22)/t12-/m1/s1. The number of amides is 1. The van der Waals surface area contributed by atoms with Gasteiger partial charge in [0.15, 0.2) is 6.10 Å². The summed E-state index contributed by atoms with van der Waals surface area (Å²) in [6, 6.07) is 11.9. The van der Waals surface area contributed by atoms with E-state index in [0.717, 1.165) is 10.0 Å². The van der Waals surface area contributed by atoms with Crippen molar-refractivity contribution >= 4 is 33.5 Å². The van der Waals surface area contributed by atoms with Crippen molar-refractivity contribution in [1.29, 1.82) is 0 Å². The molecule has 0 fully saturated rings. The minimum absolute atomic E-state index is 0.0977. The summed E-state index contributed by atoms with van der Waals surface area (Å²) < 4.78 is 5.94. The minimum Gasteiger partial charge on any atom is -0.449 e. The third-order valence-electron chi connectivity index (χ3n) is 3.41. The maximum atomic E-state index is 12.2. The highest BCUT2D eigenvalue weighted by atomic mass is 79.9. The van der Waals surface area contributed by atoms with Crippen molar-refractivity contribution in [2.75, 3.05) is 5.32 Å². The lowest BCUT2D eigenvalue weighted by atomic mass is 10.1. The summed E-state index contributed by atoms with van der Waals surface area (Å²) in [5.74, 6) is -1.01. The summed E-state index contributed by atoms with van der Waals surface area (Å²) in [4.78, 5) is 24.2. The zero-order chi connectivity index (χ0) is 17.7. The molecule has 0 saturated heterocycles. The van der Waals surface area contributed by atoms with Crippen LogP contribution in [0.4, 0.5) is 5.69 Å². The lowest BCUT2D eigenvalue weighted by molar-refractivity contribution is -0.123. The van der Waals surface area contributed by atoms with Gasteiger partial charge in [0.05, 0.1) is 17.9 Å². The number of aryl methyl sites for hydroxylation is 1. The number of carbonyl (C=O) groups is 2. The molecule has 2 aromatic carbocycles. The maximum Gasteiger partial charge on any atom is 0.338 e. The van der Waals surface area contributed by atoms with E-state index < -0.39 is 18.0 Å². The topological polar surface area (TPSA) is 75.6 Å². The van der Waals surface area contributed by atoms with E-state index in [0.29, 0.717) is 16.8 Å². The van der Waals surface area contributed by atoms with Gasteiger partial charge >= 0.3 is 5.97 Å². The van der Waals surface area contributed by atoms with Crippen molar-refractivity contribution in [2.24, 2.45) is 0 Å². The number of anilines is 1. The lowest BCUT2D eigenvalue weighted by Crippen LogP contribution is -2.30. The van der Waals surface area contributed by atoms with Gasteiger partial charge in [0, 0.05) is 4.47 Å². The summed E-state index contributed by atoms with van der Waals surface area (Å²) in [6.45, 7) is 3.36. The van der Waals surface area contributed by atoms with E-state index in [1.165, 1.54) is 6.92 Å². The first-order valence-corrected chi connectivity index (χ1v) is 8.18. The molecule has 24 heavy (non-hydrogen) atoms. The van der Waals surface area contributed by atoms with Gasteiger partial charge in [0.1, 0.15) is 0 Å². The van der Waals surface area contributed by atoms with Crippen molar-refractivity contribution < 1.29 is 19.4 Å². The van der Waals surface area contributed by atoms with Gasteiger partial charge in [-0.3, -0.25) is 4.79 Å². The van der Waals surface area contributed by atoms with Gasteiger partial charge in [-0.15, -0.1) is 0 Å². The third-order valence-corrected chi connectivity index (χ3v) is 4.06. The molecule has 0 aliphatic heterocycles. The number of benzene rings is 2. The number of aliphatic hydroxyl groups excluding tert-OH is 1. The first-order chi connectivity index (χ1) is 11.4. The molecule has 0 spiro atoms. The van der Waals surface area contributed by atoms with Crippen LogP contribution in [0.2, 0.25) is 0 Å². The van der Waals surface area contributed by atoms with Gasteiger partial charge in [-0.1, -0.05) is 18.2 Å². The first kappa shape index (κ1) is 18.2. The molecule has 0 bridgehead atoms. The fourth-order valence-electron chi connectivity index (χ4n) is 1.98. The molecule has 0 unspecified atom stereocenters. The number of esters is 1. The Morgan fingerprint density at radius 2 is 1.88 bits per heavy atom. The van der Waals surface area contributed by atoms with Crippen LogP contribution in [0.25, 0.3) is 0 Å². The molecule has 0 aliphatic carbocycles. The second-order valence-corrected chi connectivity index (χ2v) is 6.23. The van der Waals surface area contributed by atoms with E-state index in [4.69, 9.17) is 9.84 Å². The van der Waals surface area contributed by atoms with Crippen molar-refractivity contribution in [3.63, 3.8) is 0 Å². The summed E-state index contributed by atoms with van der Waals surface area (Å²) in [6.07, 6.45) is -0.941. The van der Waals surface area contributed by atoms with Crippen LogP contribution >= 0.6 is 15.9 Å². The molecule has 0 radical (unpaired) electrons. The van der Waals surface area contributed by atoms with E-state index in [1.807, 2.05) is 19.1 Å². The molecule has 0 aliphatic rings. The van der Waals surface area contributed by atoms with Crippen molar-refractivity contribution in [3.8, 4) is 0 Å². The molecule has 126 valence electrons. The molecule has 0 saturated carbocycles. The molecular weight excluding hydrogens is 374 g/mol. The number of halogens is 1. The molecule has 6 heteroatoms. The summed E-state index contributed by atoms with van der Waals surface area (Å²) in [7, 11) is 0. The van der Waals surface area contributed by atoms with Crippen LogP contribution in [0.5, 0.6) is 0 Å². The number of carbonyl (C=O) groups excluding carboxylic acids is 2. The smallest absolute Gasteiger partial charge is 0.338 e. The van der Waals surface area contributed by atoms with Crippen LogP contribution in [-0.2, 0) is 16.1 Å². The van der Waals surface area contributed by atoms with E-state index in [1.54, 1.807) is 30.3 Å². The highest BCUT2D eigenvalue weighted by molar-refractivity contribution is 9.10. The quantitative estimate of drug-likeness (QED) is 0.765. The zero-order valence-corrected chi connectivity index (χ0v) is 15.0. The molecule has 2 N–H and O–H groups in total. The normalized spacial score (nSPS) is 11.7. The molecule has 5 nitrogen and oxygen atoms in total. The largest absolute Gasteiger partial charge is 0.449 e. The molecule has 1 amide bonds. The Morgan fingerprint density at radius 1 is 1.21 bits per heavy atom. The van der Waals surface area contributed by atoms with Crippen LogP contribution < -0.4 is 5.32 Å². The third kappa shape index (κ3) is 4.66. The SMILES string of the molecule is Cc1ccc(NC(=O)[C@@H](C)OC(=O)c2ccc(CO)cc2)c(Br)c1. The fraction of sp³-hybridized carbons (Fsp3) is 0.222. The van der Waals surface area contributed by atoms with Gasteiger partial charge in [-0.2, -0.15) is 0 Å². The minimum atomic E-state index is -0.941. The highest BCUT2D eigenvalue weighted by Crippen LogP contribution is 2.23. The van der Waals surface area contributed by atoms with Gasteiger partial charge in [-0.25, -0.2) is 4.79 Å². The van der Waals surface area contributed by atoms with Gasteiger partial charge in [0.2, 0.25) is 0 Å². The Balaban J connectivity index is 1.98. The van der Waals surface area contributed by atoms with E-state index in [9.17, 15) is 9.59 Å². The van der Waals surface area contributed by atoms with Gasteiger partial charge < -0.3 is 15.2 Å². The lowest BCUT2D eigenvalue weighted by Gasteiger charge is -2.14. The number of hydrogen-bond donors (Lipinski definition) is 2. The number of rotatable bonds is 5. The molecular formula is C18H18BrNO4. The summed E-state index contributed by atoms with van der Waals surface area (Å²) in [5.41, 5.74) is 2.69. The van der Waals surface area contributed by atoms with Crippen LogP contribution in [0.1, 0.15) is 28.4 Å². The summed E-state index contributed by atoms with van der Waals surface area (Å²) >= 11 is 3.38. The second-order valence-electron chi connectivity index (χ2n) is 5.38. The van der Waals surface area contributed by atoms with E-state index in [2.05, 4.69) is 21.2 Å². The molecule has 1 atom stereocenters. The zero-order valence-electron chi connectivity index (χ0n) is 13.4. The monoisotopic (exact) mass is 391 g/mol. The second kappa shape index (κ2) is 8.08. The van der Waals surface area contributed by atoms with Crippen molar-refractivity contribution in [1.82, 2.24) is 0 Å². The van der Waals surface area contributed by atoms with Crippen LogP contribution in [0.15, 0.2) is 46.9 Å². The Labute approximate surface area is 148 Å². The highest BCUT2D eigenvalue weighted by Gasteiger charge is 2.19. The molecule has 0 heterocycles. The predicted molar refractivity (Wildman–Crippen MR) is 94.8 cm³/mol. The Hall–Kier alpha value is -2.18. The maximum absolute atomic E-state index is 12.2. The summed E-state index contributed by atoms with van der Waals surface area (Å²) in [5, 5.41) is 11.7. The molecule has 2 aromatic rings. The van der Waals surface area contributed by atoms with Crippen LogP contribution in [0.3, 0.4) is 0 Å². The number of hydrogen-bond acceptors (Lipinski definition) is 4. The number of ether oxygens (including phenoxy) is 1. The molecule has 2 rings (SSSR count). The Bertz CT molecular complexity index is 743. The van der Waals surface area contributed by atoms with Crippen molar-refractivity contribution in [3.05, 3.63) is 63.6 Å². The number of aliphatic hydroxyl groups is 1. The number of nitrogens with one attached hydrogen (secondary N) is 1. The Morgan fingerprint density at radius 3 is 2.46 bits per heavy atom. The van der Waals surface area contributed by atoms with Crippen LogP contribution in [-0.4, -0.2) is 23.1 Å². The van der Waals surface area contributed by atoms with Gasteiger partial charge in [0.25, 0.3) is 5.91 Å². The van der Waals surface area contributed by atoms with Gasteiger partial charge in [-0.05, 0) is 65.2 Å². The Kier molecular flexibility index (Phi) is 6.11. The predicted octanol–water partition coefficient (Wildman–Crippen LogP) is 3.43. The molecule has 0 aromatic heterocycles. The van der Waals surface area contributed by atoms with Crippen LogP contribution in [0, 0.1) is 6.92 Å². The van der Waals surface area contributed by atoms with E-state index >= 15 is 0 Å². The average molecular weight is 392 g/mol. The first-order valence-electron chi connectivity index (χ1n) is 7.38. The van der Waals surface area contributed by atoms with E-state index in [-0.39, 0.29) is 6.61 Å². The van der Waals surface area contributed by atoms with Crippen molar-refractivity contribution in [2.45, 2.75) is 26.6 Å². The average Bonchev–Trinajstić information content (AvgIpc) is 2.57.